The van der Waals surface area contributed by atoms with Crippen molar-refractivity contribution in [3.8, 4) is 11.5 Å². The minimum Gasteiger partial charge on any atom is -0.480 e. The maximum atomic E-state index is 13.0. The Labute approximate surface area is 182 Å². The molecule has 10 heteroatoms. The molecule has 2 unspecified atom stereocenters. The lowest BCUT2D eigenvalue weighted by molar-refractivity contribution is -0.154. The van der Waals surface area contributed by atoms with Crippen LogP contribution >= 0.6 is 24.0 Å². The molecule has 2 saturated heterocycles. The molecule has 30 heavy (non-hydrogen) atoms. The first kappa shape index (κ1) is 20.7. The van der Waals surface area contributed by atoms with Gasteiger partial charge in [-0.1, -0.05) is 30.0 Å². The molecule has 3 aliphatic rings. The Morgan fingerprint density at radius 1 is 1.30 bits per heavy atom. The Balaban J connectivity index is 1.53. The van der Waals surface area contributed by atoms with Crippen molar-refractivity contribution >= 4 is 52.2 Å². The number of carbonyl (C=O) groups excluding carboxylic acids is 2. The van der Waals surface area contributed by atoms with Gasteiger partial charge in [-0.2, -0.15) is 0 Å². The van der Waals surface area contributed by atoms with E-state index in [1.807, 2.05) is 0 Å². The molecule has 1 N–H and O–H groups in total. The van der Waals surface area contributed by atoms with Crippen LogP contribution in [0.25, 0.3) is 6.08 Å². The highest BCUT2D eigenvalue weighted by Crippen LogP contribution is 2.37. The third-order valence-corrected chi connectivity index (χ3v) is 6.66. The van der Waals surface area contributed by atoms with Crippen LogP contribution in [0.15, 0.2) is 23.1 Å². The summed E-state index contributed by atoms with van der Waals surface area (Å²) in [6.07, 6.45) is 3.61. The minimum atomic E-state index is -1.02. The second-order valence-electron chi connectivity index (χ2n) is 7.22. The van der Waals surface area contributed by atoms with Crippen LogP contribution in [0.3, 0.4) is 0 Å². The highest BCUT2D eigenvalue weighted by molar-refractivity contribution is 8.26. The number of carboxylic acid groups (broad SMARTS) is 1. The van der Waals surface area contributed by atoms with Crippen LogP contribution in [-0.2, 0) is 14.4 Å². The number of thioether (sulfide) groups is 1. The van der Waals surface area contributed by atoms with Gasteiger partial charge in [0.1, 0.15) is 16.4 Å². The molecular formula is C20H20N2O6S2. The average molecular weight is 449 g/mol. The molecule has 0 spiro atoms. The highest BCUT2D eigenvalue weighted by atomic mass is 32.2. The third-order valence-electron chi connectivity index (χ3n) is 5.33. The molecule has 2 fully saturated rings. The molecule has 2 atom stereocenters. The zero-order valence-electron chi connectivity index (χ0n) is 16.2. The van der Waals surface area contributed by atoms with Gasteiger partial charge in [0.2, 0.25) is 12.7 Å². The number of thiocarbonyl (C=S) groups is 1. The summed E-state index contributed by atoms with van der Waals surface area (Å²) in [6.45, 7) is 2.11. The third kappa shape index (κ3) is 3.77. The van der Waals surface area contributed by atoms with Gasteiger partial charge in [-0.15, -0.1) is 0 Å². The second-order valence-corrected chi connectivity index (χ2v) is 8.90. The first-order valence-electron chi connectivity index (χ1n) is 9.57. The quantitative estimate of drug-likeness (QED) is 0.554. The molecule has 1 aromatic carbocycles. The lowest BCUT2D eigenvalue weighted by Gasteiger charge is -2.36. The van der Waals surface area contributed by atoms with Crippen molar-refractivity contribution in [3.63, 3.8) is 0 Å². The molecule has 0 radical (unpaired) electrons. The van der Waals surface area contributed by atoms with Crippen LogP contribution in [-0.4, -0.2) is 62.4 Å². The summed E-state index contributed by atoms with van der Waals surface area (Å²) in [5, 5.41) is 9.45. The van der Waals surface area contributed by atoms with E-state index in [0.29, 0.717) is 29.4 Å². The number of nitrogens with zero attached hydrogens (tertiary/aromatic N) is 2. The number of rotatable bonds is 4. The van der Waals surface area contributed by atoms with E-state index in [1.165, 1.54) is 9.80 Å². The zero-order valence-corrected chi connectivity index (χ0v) is 17.8. The fraction of sp³-hybridized carbons (Fsp3) is 0.400. The van der Waals surface area contributed by atoms with E-state index in [4.69, 9.17) is 21.7 Å². The number of ether oxygens (including phenoxy) is 2. The number of piperidine rings is 1. The summed E-state index contributed by atoms with van der Waals surface area (Å²) in [5.41, 5.74) is 0.751. The molecule has 0 aliphatic carbocycles. The Bertz CT molecular complexity index is 963. The lowest BCUT2D eigenvalue weighted by atomic mass is 10.0. The largest absolute Gasteiger partial charge is 0.480 e. The average Bonchev–Trinajstić information content (AvgIpc) is 3.30. The molecule has 0 aromatic heterocycles. The molecule has 4 rings (SSSR count). The van der Waals surface area contributed by atoms with Crippen LogP contribution < -0.4 is 9.47 Å². The van der Waals surface area contributed by atoms with Gasteiger partial charge in [-0.3, -0.25) is 14.5 Å². The van der Waals surface area contributed by atoms with Crippen molar-refractivity contribution in [1.82, 2.24) is 9.80 Å². The number of likely N-dealkylation sites (tertiary alicyclic amines) is 1. The number of carbonyl (C=O) groups is 3. The number of hydrogen-bond acceptors (Lipinski definition) is 7. The first-order valence-corrected chi connectivity index (χ1v) is 10.8. The number of benzene rings is 1. The molecule has 158 valence electrons. The van der Waals surface area contributed by atoms with E-state index in [-0.39, 0.29) is 17.0 Å². The van der Waals surface area contributed by atoms with Crippen LogP contribution in [0.4, 0.5) is 0 Å². The van der Waals surface area contributed by atoms with E-state index in [9.17, 15) is 19.5 Å². The summed E-state index contributed by atoms with van der Waals surface area (Å²) in [7, 11) is 0. The van der Waals surface area contributed by atoms with Crippen LogP contribution in [0.5, 0.6) is 11.5 Å². The van der Waals surface area contributed by atoms with Gasteiger partial charge in [0, 0.05) is 6.54 Å². The number of fused-ring (bicyclic) bond motifs is 1. The second kappa shape index (κ2) is 8.27. The van der Waals surface area contributed by atoms with Gasteiger partial charge in [-0.25, -0.2) is 4.79 Å². The Kier molecular flexibility index (Phi) is 5.70. The number of carboxylic acids is 1. The predicted octanol–water partition coefficient (Wildman–Crippen LogP) is 2.47. The maximum absolute atomic E-state index is 13.0. The van der Waals surface area contributed by atoms with Crippen LogP contribution in [0.1, 0.15) is 31.7 Å². The van der Waals surface area contributed by atoms with Crippen molar-refractivity contribution in [3.05, 3.63) is 28.7 Å². The summed E-state index contributed by atoms with van der Waals surface area (Å²) >= 11 is 6.48. The van der Waals surface area contributed by atoms with Crippen molar-refractivity contribution < 1.29 is 29.0 Å². The van der Waals surface area contributed by atoms with Crippen molar-refractivity contribution in [1.29, 1.82) is 0 Å². The summed E-state index contributed by atoms with van der Waals surface area (Å²) < 4.78 is 10.9. The number of aliphatic carboxylic acids is 1. The van der Waals surface area contributed by atoms with Gasteiger partial charge < -0.3 is 19.5 Å². The Hall–Kier alpha value is -2.59. The topological polar surface area (TPSA) is 96.4 Å². The molecule has 1 aromatic rings. The smallest absolute Gasteiger partial charge is 0.326 e. The normalized spacial score (nSPS) is 23.2. The summed E-state index contributed by atoms with van der Waals surface area (Å²) in [5.74, 6) is -0.542. The molecule has 2 amide bonds. The fourth-order valence-corrected chi connectivity index (χ4v) is 5.19. The van der Waals surface area contributed by atoms with E-state index in [0.717, 1.165) is 30.2 Å². The van der Waals surface area contributed by atoms with Crippen molar-refractivity contribution in [2.75, 3.05) is 13.3 Å². The number of hydrogen-bond donors (Lipinski definition) is 1. The van der Waals surface area contributed by atoms with Crippen molar-refractivity contribution in [2.24, 2.45) is 0 Å². The van der Waals surface area contributed by atoms with Gasteiger partial charge in [0.25, 0.3) is 5.91 Å². The zero-order chi connectivity index (χ0) is 21.4. The highest BCUT2D eigenvalue weighted by Gasteiger charge is 2.42. The molecule has 8 nitrogen and oxygen atoms in total. The predicted molar refractivity (Wildman–Crippen MR) is 114 cm³/mol. The van der Waals surface area contributed by atoms with Crippen molar-refractivity contribution in [2.45, 2.75) is 38.3 Å². The van der Waals surface area contributed by atoms with Gasteiger partial charge in [-0.05, 0) is 50.0 Å². The van der Waals surface area contributed by atoms with Gasteiger partial charge in [0.15, 0.2) is 11.5 Å². The Morgan fingerprint density at radius 2 is 2.07 bits per heavy atom. The number of amides is 2. The molecule has 3 aliphatic heterocycles. The minimum absolute atomic E-state index is 0.161. The van der Waals surface area contributed by atoms with Crippen LogP contribution in [0, 0.1) is 0 Å². The van der Waals surface area contributed by atoms with E-state index in [1.54, 1.807) is 31.2 Å². The molecule has 0 saturated carbocycles. The molecular weight excluding hydrogens is 428 g/mol. The summed E-state index contributed by atoms with van der Waals surface area (Å²) in [6, 6.07) is 3.61. The van der Waals surface area contributed by atoms with E-state index >= 15 is 0 Å². The first-order chi connectivity index (χ1) is 14.4. The van der Waals surface area contributed by atoms with Crippen LogP contribution in [0.2, 0.25) is 0 Å². The monoisotopic (exact) mass is 448 g/mol. The maximum Gasteiger partial charge on any atom is 0.326 e. The van der Waals surface area contributed by atoms with Gasteiger partial charge in [0.05, 0.1) is 4.91 Å². The Morgan fingerprint density at radius 3 is 2.83 bits per heavy atom. The SMILES string of the molecule is CC(C(=O)N1CCCCC1C(=O)O)N1C(=O)C(=Cc2ccc3c(c2)OCO3)SC1=S. The van der Waals surface area contributed by atoms with E-state index < -0.39 is 24.0 Å². The fourth-order valence-electron chi connectivity index (χ4n) is 3.77. The lowest BCUT2D eigenvalue weighted by Crippen LogP contribution is -2.55. The molecule has 0 bridgehead atoms. The summed E-state index contributed by atoms with van der Waals surface area (Å²) in [4.78, 5) is 40.6. The van der Waals surface area contributed by atoms with E-state index in [2.05, 4.69) is 0 Å². The molecule has 3 heterocycles. The standard InChI is InChI=1S/C20H20N2O6S2/c1-11(17(23)21-7-3-2-4-13(21)19(25)26)22-18(24)16(30-20(22)29)9-12-5-6-14-15(8-12)28-10-27-14/h5-6,8-9,11,13H,2-4,7,10H2,1H3,(H,25,26). The van der Waals surface area contributed by atoms with Gasteiger partial charge >= 0.3 is 5.97 Å².